The van der Waals surface area contributed by atoms with Gasteiger partial charge in [-0.3, -0.25) is 0 Å². The van der Waals surface area contributed by atoms with Crippen LogP contribution in [0.5, 0.6) is 0 Å². The molecule has 0 radical (unpaired) electrons. The highest BCUT2D eigenvalue weighted by Crippen LogP contribution is 2.19. The standard InChI is InChI=1S/C12H17N5O4/c1-16(2)11-9-12(14-5-13-11)17(6-15-9)3-7(19)10(21)8(20)4-18/h4-8,10,19-21H,3H2,1-2H3/t7-,8+,10-/m1/s1. The molecule has 0 spiro atoms. The number of anilines is 1. The molecule has 0 unspecified atom stereocenters. The lowest BCUT2D eigenvalue weighted by atomic mass is 10.1. The van der Waals surface area contributed by atoms with E-state index in [2.05, 4.69) is 15.0 Å². The Bertz CT molecular complexity index is 629. The second-order valence-corrected chi connectivity index (χ2v) is 4.85. The molecule has 9 nitrogen and oxygen atoms in total. The molecule has 0 aromatic carbocycles. The van der Waals surface area contributed by atoms with Crippen molar-refractivity contribution in [1.29, 1.82) is 0 Å². The SMILES string of the molecule is CN(C)c1ncnc2c1ncn2C[C@@H](O)[C@@H](O)[C@@H](O)C=O. The van der Waals surface area contributed by atoms with E-state index in [0.29, 0.717) is 17.0 Å². The van der Waals surface area contributed by atoms with E-state index in [0.717, 1.165) is 0 Å². The summed E-state index contributed by atoms with van der Waals surface area (Å²) in [6, 6.07) is 0. The van der Waals surface area contributed by atoms with E-state index in [1.54, 1.807) is 4.90 Å². The number of carbonyl (C=O) groups excluding carboxylic acids is 1. The van der Waals surface area contributed by atoms with E-state index in [4.69, 9.17) is 0 Å². The molecule has 9 heteroatoms. The highest BCUT2D eigenvalue weighted by Gasteiger charge is 2.25. The Morgan fingerprint density at radius 1 is 1.29 bits per heavy atom. The Morgan fingerprint density at radius 3 is 2.62 bits per heavy atom. The molecule has 0 fully saturated rings. The lowest BCUT2D eigenvalue weighted by Gasteiger charge is -2.19. The summed E-state index contributed by atoms with van der Waals surface area (Å²) in [5.41, 5.74) is 1.04. The van der Waals surface area contributed by atoms with Gasteiger partial charge in [-0.1, -0.05) is 0 Å². The maximum Gasteiger partial charge on any atom is 0.165 e. The summed E-state index contributed by atoms with van der Waals surface area (Å²) in [4.78, 5) is 24.6. The van der Waals surface area contributed by atoms with Gasteiger partial charge in [0.1, 0.15) is 24.6 Å². The largest absolute Gasteiger partial charge is 0.388 e. The fraction of sp³-hybridized carbons (Fsp3) is 0.500. The highest BCUT2D eigenvalue weighted by atomic mass is 16.4. The van der Waals surface area contributed by atoms with Gasteiger partial charge in [0, 0.05) is 14.1 Å². The Labute approximate surface area is 120 Å². The van der Waals surface area contributed by atoms with Crippen molar-refractivity contribution in [3.05, 3.63) is 12.7 Å². The molecule has 0 aliphatic rings. The number of hydrogen-bond donors (Lipinski definition) is 3. The fourth-order valence-corrected chi connectivity index (χ4v) is 1.95. The summed E-state index contributed by atoms with van der Waals surface area (Å²) in [5, 5.41) is 28.7. The Kier molecular flexibility index (Phi) is 4.46. The number of rotatable bonds is 6. The zero-order valence-electron chi connectivity index (χ0n) is 11.7. The first-order valence-electron chi connectivity index (χ1n) is 6.28. The normalized spacial score (nSPS) is 15.7. The third-order valence-corrected chi connectivity index (χ3v) is 3.07. The molecular formula is C12H17N5O4. The average molecular weight is 295 g/mol. The molecule has 0 amide bonds. The van der Waals surface area contributed by atoms with Gasteiger partial charge in [0.2, 0.25) is 0 Å². The third-order valence-electron chi connectivity index (χ3n) is 3.07. The van der Waals surface area contributed by atoms with Crippen LogP contribution in [0.4, 0.5) is 5.82 Å². The van der Waals surface area contributed by atoms with Crippen molar-refractivity contribution in [3.8, 4) is 0 Å². The molecule has 0 saturated carbocycles. The summed E-state index contributed by atoms with van der Waals surface area (Å²) < 4.78 is 1.52. The Balaban J connectivity index is 2.28. The van der Waals surface area contributed by atoms with Crippen molar-refractivity contribution >= 4 is 23.3 Å². The molecule has 2 rings (SSSR count). The van der Waals surface area contributed by atoms with Crippen LogP contribution in [0.15, 0.2) is 12.7 Å². The summed E-state index contributed by atoms with van der Waals surface area (Å²) in [6.07, 6.45) is -1.54. The van der Waals surface area contributed by atoms with Crippen molar-refractivity contribution in [3.63, 3.8) is 0 Å². The molecular weight excluding hydrogens is 278 g/mol. The Hall–Kier alpha value is -2.10. The number of aromatic nitrogens is 4. The molecule has 0 saturated heterocycles. The number of aldehydes is 1. The first kappa shape index (κ1) is 15.3. The third kappa shape index (κ3) is 2.99. The van der Waals surface area contributed by atoms with E-state index >= 15 is 0 Å². The van der Waals surface area contributed by atoms with Gasteiger partial charge in [-0.25, -0.2) is 15.0 Å². The Morgan fingerprint density at radius 2 is 2.00 bits per heavy atom. The molecule has 0 aliphatic carbocycles. The molecule has 114 valence electrons. The van der Waals surface area contributed by atoms with Crippen molar-refractivity contribution in [1.82, 2.24) is 19.5 Å². The van der Waals surface area contributed by atoms with Gasteiger partial charge in [0.25, 0.3) is 0 Å². The zero-order valence-corrected chi connectivity index (χ0v) is 11.7. The monoisotopic (exact) mass is 295 g/mol. The van der Waals surface area contributed by atoms with Crippen LogP contribution in [0.1, 0.15) is 0 Å². The molecule has 0 bridgehead atoms. The second-order valence-electron chi connectivity index (χ2n) is 4.85. The summed E-state index contributed by atoms with van der Waals surface area (Å²) in [7, 11) is 3.64. The van der Waals surface area contributed by atoms with Gasteiger partial charge in [-0.15, -0.1) is 0 Å². The second kappa shape index (κ2) is 6.12. The summed E-state index contributed by atoms with van der Waals surface area (Å²) >= 11 is 0. The quantitative estimate of drug-likeness (QED) is 0.532. The minimum atomic E-state index is -1.64. The van der Waals surface area contributed by atoms with Crippen LogP contribution in [0.3, 0.4) is 0 Å². The smallest absolute Gasteiger partial charge is 0.165 e. The lowest BCUT2D eigenvalue weighted by Crippen LogP contribution is -2.40. The number of hydrogen-bond acceptors (Lipinski definition) is 8. The molecule has 3 N–H and O–H groups in total. The first-order chi connectivity index (χ1) is 9.95. The van der Waals surface area contributed by atoms with E-state index in [9.17, 15) is 20.1 Å². The average Bonchev–Trinajstić information content (AvgIpc) is 2.88. The molecule has 2 heterocycles. The molecule has 2 aromatic heterocycles. The van der Waals surface area contributed by atoms with Gasteiger partial charge < -0.3 is 29.6 Å². The van der Waals surface area contributed by atoms with Crippen molar-refractivity contribution < 1.29 is 20.1 Å². The molecule has 2 aromatic rings. The zero-order chi connectivity index (χ0) is 15.6. The number of nitrogens with zero attached hydrogens (tertiary/aromatic N) is 5. The van der Waals surface area contributed by atoms with Gasteiger partial charge >= 0.3 is 0 Å². The van der Waals surface area contributed by atoms with Crippen LogP contribution in [-0.4, -0.2) is 73.5 Å². The van der Waals surface area contributed by atoms with Crippen LogP contribution in [-0.2, 0) is 11.3 Å². The minimum absolute atomic E-state index is 0.0630. The van der Waals surface area contributed by atoms with Gasteiger partial charge in [0.15, 0.2) is 23.3 Å². The number of fused-ring (bicyclic) bond motifs is 1. The number of carbonyl (C=O) groups is 1. The number of imidazole rings is 1. The lowest BCUT2D eigenvalue weighted by molar-refractivity contribution is -0.126. The molecule has 0 aliphatic heterocycles. The van der Waals surface area contributed by atoms with Gasteiger partial charge in [-0.05, 0) is 0 Å². The topological polar surface area (TPSA) is 125 Å². The van der Waals surface area contributed by atoms with Crippen LogP contribution >= 0.6 is 0 Å². The highest BCUT2D eigenvalue weighted by molar-refractivity contribution is 5.82. The van der Waals surface area contributed by atoms with Gasteiger partial charge in [0.05, 0.1) is 12.9 Å². The van der Waals surface area contributed by atoms with Crippen LogP contribution in [0.25, 0.3) is 11.2 Å². The predicted molar refractivity (Wildman–Crippen MR) is 73.7 cm³/mol. The van der Waals surface area contributed by atoms with Crippen LogP contribution in [0, 0.1) is 0 Å². The number of aliphatic hydroxyl groups is 3. The molecule has 21 heavy (non-hydrogen) atoms. The van der Waals surface area contributed by atoms with E-state index < -0.39 is 18.3 Å². The van der Waals surface area contributed by atoms with Crippen LogP contribution in [0.2, 0.25) is 0 Å². The summed E-state index contributed by atoms with van der Waals surface area (Å²) in [5.74, 6) is 0.627. The molecule has 3 atom stereocenters. The van der Waals surface area contributed by atoms with E-state index in [-0.39, 0.29) is 12.8 Å². The maximum atomic E-state index is 10.4. The number of aliphatic hydroxyl groups excluding tert-OH is 3. The predicted octanol–water partition coefficient (Wildman–Crippen LogP) is -1.83. The maximum absolute atomic E-state index is 10.4. The first-order valence-corrected chi connectivity index (χ1v) is 6.28. The van der Waals surface area contributed by atoms with Crippen molar-refractivity contribution in [2.75, 3.05) is 19.0 Å². The van der Waals surface area contributed by atoms with Gasteiger partial charge in [-0.2, -0.15) is 0 Å². The fourth-order valence-electron chi connectivity index (χ4n) is 1.95. The van der Waals surface area contributed by atoms with Crippen LogP contribution < -0.4 is 4.90 Å². The van der Waals surface area contributed by atoms with E-state index in [1.807, 2.05) is 14.1 Å². The van der Waals surface area contributed by atoms with E-state index in [1.165, 1.54) is 17.2 Å². The summed E-state index contributed by atoms with van der Waals surface area (Å²) in [6.45, 7) is -0.0630. The van der Waals surface area contributed by atoms with Crippen molar-refractivity contribution in [2.45, 2.75) is 24.9 Å². The van der Waals surface area contributed by atoms with Crippen molar-refractivity contribution in [2.24, 2.45) is 0 Å². The minimum Gasteiger partial charge on any atom is -0.388 e.